The maximum atomic E-state index is 6.37. The van der Waals surface area contributed by atoms with Gasteiger partial charge in [-0.15, -0.1) is 0 Å². The van der Waals surface area contributed by atoms with Gasteiger partial charge >= 0.3 is 0 Å². The van der Waals surface area contributed by atoms with Crippen LogP contribution in [0.15, 0.2) is 18.2 Å². The van der Waals surface area contributed by atoms with Crippen molar-refractivity contribution < 1.29 is 0 Å². The van der Waals surface area contributed by atoms with E-state index in [9.17, 15) is 0 Å². The zero-order chi connectivity index (χ0) is 13.6. The van der Waals surface area contributed by atoms with Crippen molar-refractivity contribution in [1.29, 1.82) is 0 Å². The molecule has 2 saturated carbocycles. The molecular formula is C19H25Cl. The van der Waals surface area contributed by atoms with E-state index in [2.05, 4.69) is 18.2 Å². The minimum Gasteiger partial charge on any atom is -0.0840 e. The summed E-state index contributed by atoms with van der Waals surface area (Å²) in [6, 6.07) is 6.58. The summed E-state index contributed by atoms with van der Waals surface area (Å²) >= 11 is 6.37. The normalized spacial score (nSPS) is 32.5. The average molecular weight is 289 g/mol. The standard InChI is InChI=1S/C19H25Cl/c20-18-8-4-7-17-16(18)11-12-19(17)13-15(19)10-9-14-5-2-1-3-6-14/h4,7-8,14-15H,1-3,5-6,9-13H2. The topological polar surface area (TPSA) is 0 Å². The minimum atomic E-state index is 0.550. The van der Waals surface area contributed by atoms with Gasteiger partial charge in [0.2, 0.25) is 0 Å². The molecule has 0 saturated heterocycles. The van der Waals surface area contributed by atoms with E-state index < -0.39 is 0 Å². The summed E-state index contributed by atoms with van der Waals surface area (Å²) in [6.45, 7) is 0. The zero-order valence-electron chi connectivity index (χ0n) is 12.3. The second kappa shape index (κ2) is 5.05. The van der Waals surface area contributed by atoms with E-state index in [1.807, 2.05) is 0 Å². The zero-order valence-corrected chi connectivity index (χ0v) is 13.1. The first kappa shape index (κ1) is 13.2. The molecule has 0 aromatic heterocycles. The van der Waals surface area contributed by atoms with Gasteiger partial charge in [0.05, 0.1) is 0 Å². The summed E-state index contributed by atoms with van der Waals surface area (Å²) in [5.41, 5.74) is 3.63. The number of fused-ring (bicyclic) bond motifs is 2. The van der Waals surface area contributed by atoms with Crippen LogP contribution in [0.3, 0.4) is 0 Å². The van der Waals surface area contributed by atoms with Crippen LogP contribution in [0.5, 0.6) is 0 Å². The molecule has 1 aromatic carbocycles. The highest BCUT2D eigenvalue weighted by atomic mass is 35.5. The molecule has 20 heavy (non-hydrogen) atoms. The summed E-state index contributed by atoms with van der Waals surface area (Å²) in [6.07, 6.45) is 14.4. The molecule has 1 spiro atoms. The van der Waals surface area contributed by atoms with E-state index in [0.29, 0.717) is 5.41 Å². The molecule has 1 heteroatoms. The summed E-state index contributed by atoms with van der Waals surface area (Å²) in [5, 5.41) is 1.01. The van der Waals surface area contributed by atoms with Crippen molar-refractivity contribution in [1.82, 2.24) is 0 Å². The third-order valence-electron chi connectivity index (χ3n) is 6.36. The molecule has 2 atom stereocenters. The maximum absolute atomic E-state index is 6.37. The molecule has 0 amide bonds. The highest BCUT2D eigenvalue weighted by Gasteiger charge is 2.57. The highest BCUT2D eigenvalue weighted by molar-refractivity contribution is 6.31. The summed E-state index contributed by atoms with van der Waals surface area (Å²) in [7, 11) is 0. The van der Waals surface area contributed by atoms with Gasteiger partial charge in [-0.1, -0.05) is 62.3 Å². The Morgan fingerprint density at radius 2 is 1.95 bits per heavy atom. The second-order valence-corrected chi connectivity index (χ2v) is 7.81. The van der Waals surface area contributed by atoms with Crippen molar-refractivity contribution in [3.8, 4) is 0 Å². The second-order valence-electron chi connectivity index (χ2n) is 7.40. The SMILES string of the molecule is Clc1cccc2c1CCC21CC1CCC1CCCCC1. The van der Waals surface area contributed by atoms with E-state index in [4.69, 9.17) is 11.6 Å². The van der Waals surface area contributed by atoms with Crippen molar-refractivity contribution in [2.45, 2.75) is 69.6 Å². The van der Waals surface area contributed by atoms with Crippen LogP contribution in [0.1, 0.15) is 68.9 Å². The summed E-state index contributed by atoms with van der Waals surface area (Å²) in [4.78, 5) is 0. The molecule has 0 aliphatic heterocycles. The molecule has 1 aromatic rings. The van der Waals surface area contributed by atoms with Crippen LogP contribution < -0.4 is 0 Å². The van der Waals surface area contributed by atoms with Gasteiger partial charge in [-0.25, -0.2) is 0 Å². The fourth-order valence-electron chi connectivity index (χ4n) is 5.07. The molecule has 0 radical (unpaired) electrons. The predicted octanol–water partition coefficient (Wildman–Crippen LogP) is 5.90. The van der Waals surface area contributed by atoms with Crippen LogP contribution in [0.4, 0.5) is 0 Å². The Morgan fingerprint density at radius 1 is 1.10 bits per heavy atom. The van der Waals surface area contributed by atoms with E-state index in [0.717, 1.165) is 16.9 Å². The van der Waals surface area contributed by atoms with Gasteiger partial charge in [0.1, 0.15) is 0 Å². The van der Waals surface area contributed by atoms with Crippen molar-refractivity contribution in [3.05, 3.63) is 34.3 Å². The summed E-state index contributed by atoms with van der Waals surface area (Å²) < 4.78 is 0. The van der Waals surface area contributed by atoms with Gasteiger partial charge in [0.15, 0.2) is 0 Å². The van der Waals surface area contributed by atoms with Gasteiger partial charge < -0.3 is 0 Å². The first-order valence-electron chi connectivity index (χ1n) is 8.57. The number of halogens is 1. The average Bonchev–Trinajstić information content (AvgIpc) is 3.05. The monoisotopic (exact) mass is 288 g/mol. The Labute approximate surface area is 127 Å². The Balaban J connectivity index is 1.42. The lowest BCUT2D eigenvalue weighted by atomic mass is 9.84. The molecule has 4 rings (SSSR count). The molecule has 3 aliphatic carbocycles. The third kappa shape index (κ3) is 2.11. The van der Waals surface area contributed by atoms with Crippen molar-refractivity contribution >= 4 is 11.6 Å². The summed E-state index contributed by atoms with van der Waals surface area (Å²) in [5.74, 6) is 2.01. The molecule has 0 nitrogen and oxygen atoms in total. The van der Waals surface area contributed by atoms with Gasteiger partial charge in [-0.3, -0.25) is 0 Å². The third-order valence-corrected chi connectivity index (χ3v) is 6.71. The van der Waals surface area contributed by atoms with Crippen molar-refractivity contribution in [2.24, 2.45) is 11.8 Å². The first-order valence-corrected chi connectivity index (χ1v) is 8.95. The Hall–Kier alpha value is -0.490. The number of hydrogen-bond acceptors (Lipinski definition) is 0. The fourth-order valence-corrected chi connectivity index (χ4v) is 5.34. The molecule has 3 aliphatic rings. The van der Waals surface area contributed by atoms with Crippen molar-refractivity contribution in [2.75, 3.05) is 0 Å². The lowest BCUT2D eigenvalue weighted by Crippen LogP contribution is -2.09. The van der Waals surface area contributed by atoms with Crippen LogP contribution in [-0.4, -0.2) is 0 Å². The molecule has 2 fully saturated rings. The van der Waals surface area contributed by atoms with E-state index >= 15 is 0 Å². The number of rotatable bonds is 3. The first-order chi connectivity index (χ1) is 9.79. The lowest BCUT2D eigenvalue weighted by molar-refractivity contribution is 0.322. The van der Waals surface area contributed by atoms with Crippen molar-refractivity contribution in [3.63, 3.8) is 0 Å². The molecule has 0 bridgehead atoms. The van der Waals surface area contributed by atoms with Crippen LogP contribution >= 0.6 is 11.6 Å². The number of benzene rings is 1. The van der Waals surface area contributed by atoms with E-state index in [1.54, 1.807) is 5.56 Å². The molecule has 2 unspecified atom stereocenters. The quantitative estimate of drug-likeness (QED) is 0.649. The Kier molecular flexibility index (Phi) is 3.33. The lowest BCUT2D eigenvalue weighted by Gasteiger charge is -2.22. The van der Waals surface area contributed by atoms with Crippen LogP contribution in [0, 0.1) is 11.8 Å². The van der Waals surface area contributed by atoms with Gasteiger partial charge in [0.25, 0.3) is 0 Å². The Morgan fingerprint density at radius 3 is 2.80 bits per heavy atom. The highest BCUT2D eigenvalue weighted by Crippen LogP contribution is 2.64. The van der Waals surface area contributed by atoms with Gasteiger partial charge in [-0.2, -0.15) is 0 Å². The van der Waals surface area contributed by atoms with Crippen LogP contribution in [-0.2, 0) is 11.8 Å². The predicted molar refractivity (Wildman–Crippen MR) is 85.4 cm³/mol. The van der Waals surface area contributed by atoms with E-state index in [1.165, 1.54) is 69.8 Å². The van der Waals surface area contributed by atoms with Gasteiger partial charge in [0, 0.05) is 5.02 Å². The van der Waals surface area contributed by atoms with Gasteiger partial charge in [-0.05, 0) is 60.1 Å². The molecular weight excluding hydrogens is 264 g/mol. The maximum Gasteiger partial charge on any atom is 0.0440 e. The minimum absolute atomic E-state index is 0.550. The fraction of sp³-hybridized carbons (Fsp3) is 0.684. The molecule has 108 valence electrons. The largest absolute Gasteiger partial charge is 0.0840 e. The molecule has 0 N–H and O–H groups in total. The van der Waals surface area contributed by atoms with E-state index in [-0.39, 0.29) is 0 Å². The van der Waals surface area contributed by atoms with Crippen LogP contribution in [0.2, 0.25) is 5.02 Å². The Bertz CT molecular complexity index is 500. The number of hydrogen-bond donors (Lipinski definition) is 0. The van der Waals surface area contributed by atoms with Crippen LogP contribution in [0.25, 0.3) is 0 Å². The molecule has 0 heterocycles. The smallest absolute Gasteiger partial charge is 0.0440 e.